The number of carbonyl (C=O) groups excluding carboxylic acids is 1. The van der Waals surface area contributed by atoms with Crippen molar-refractivity contribution in [2.24, 2.45) is 0 Å². The van der Waals surface area contributed by atoms with Crippen molar-refractivity contribution < 1.29 is 13.6 Å². The topological polar surface area (TPSA) is 32.3 Å². The van der Waals surface area contributed by atoms with Gasteiger partial charge in [0.15, 0.2) is 0 Å². The van der Waals surface area contributed by atoms with Crippen LogP contribution in [0, 0.1) is 0 Å². The third-order valence-corrected chi connectivity index (χ3v) is 3.35. The van der Waals surface area contributed by atoms with Gasteiger partial charge >= 0.3 is 0 Å². The van der Waals surface area contributed by atoms with Crippen molar-refractivity contribution in [3.8, 4) is 0 Å². The van der Waals surface area contributed by atoms with Gasteiger partial charge in [0.05, 0.1) is 6.54 Å². The number of halogens is 2. The van der Waals surface area contributed by atoms with Gasteiger partial charge in [-0.3, -0.25) is 4.79 Å². The minimum absolute atomic E-state index is 0.0435. The van der Waals surface area contributed by atoms with Gasteiger partial charge in [0, 0.05) is 32.0 Å². The van der Waals surface area contributed by atoms with Gasteiger partial charge in [-0.1, -0.05) is 6.42 Å². The predicted molar refractivity (Wildman–Crippen MR) is 56.4 cm³/mol. The number of carbonyl (C=O) groups is 1. The molecule has 0 bridgehead atoms. The number of amides is 1. The Labute approximate surface area is 94.2 Å². The number of hydrogen-bond acceptors (Lipinski definition) is 2. The number of nitrogens with one attached hydrogen (secondary N) is 1. The number of alkyl halides is 2. The van der Waals surface area contributed by atoms with Crippen molar-refractivity contribution in [3.05, 3.63) is 0 Å². The lowest BCUT2D eigenvalue weighted by Gasteiger charge is -2.37. The van der Waals surface area contributed by atoms with E-state index < -0.39 is 5.92 Å². The summed E-state index contributed by atoms with van der Waals surface area (Å²) in [5, 5.41) is 2.72. The third-order valence-electron chi connectivity index (χ3n) is 3.35. The van der Waals surface area contributed by atoms with E-state index in [1.807, 2.05) is 0 Å². The highest BCUT2D eigenvalue weighted by Gasteiger charge is 2.39. The summed E-state index contributed by atoms with van der Waals surface area (Å²) in [5.74, 6) is -2.63. The Hall–Kier alpha value is -0.710. The average molecular weight is 232 g/mol. The second-order valence-corrected chi connectivity index (χ2v) is 4.74. The second-order valence-electron chi connectivity index (χ2n) is 4.74. The zero-order chi connectivity index (χ0) is 11.6. The maximum Gasteiger partial charge on any atom is 0.262 e. The minimum Gasteiger partial charge on any atom is -0.338 e. The van der Waals surface area contributed by atoms with Crippen molar-refractivity contribution >= 4 is 5.91 Å². The van der Waals surface area contributed by atoms with Gasteiger partial charge in [0.1, 0.15) is 0 Å². The Morgan fingerprint density at radius 3 is 2.88 bits per heavy atom. The van der Waals surface area contributed by atoms with E-state index in [2.05, 4.69) is 5.32 Å². The summed E-state index contributed by atoms with van der Waals surface area (Å²) in [6, 6.07) is -0.325. The predicted octanol–water partition coefficient (Wildman–Crippen LogP) is 1.39. The van der Waals surface area contributed by atoms with Crippen LogP contribution in [0.1, 0.15) is 32.1 Å². The SMILES string of the molecule is O=C1CCCCCN1C1CNCC(F)(F)C1. The molecule has 2 rings (SSSR count). The molecule has 0 aliphatic carbocycles. The van der Waals surface area contributed by atoms with Crippen molar-refractivity contribution in [3.63, 3.8) is 0 Å². The largest absolute Gasteiger partial charge is 0.338 e. The maximum absolute atomic E-state index is 13.2. The molecule has 16 heavy (non-hydrogen) atoms. The van der Waals surface area contributed by atoms with Crippen LogP contribution in [0.5, 0.6) is 0 Å². The molecule has 0 radical (unpaired) electrons. The van der Waals surface area contributed by atoms with Gasteiger partial charge in [0.25, 0.3) is 5.92 Å². The number of piperidine rings is 1. The first-order chi connectivity index (χ1) is 7.58. The van der Waals surface area contributed by atoms with E-state index >= 15 is 0 Å². The summed E-state index contributed by atoms with van der Waals surface area (Å²) >= 11 is 0. The van der Waals surface area contributed by atoms with Crippen LogP contribution in [0.3, 0.4) is 0 Å². The summed E-state index contributed by atoms with van der Waals surface area (Å²) in [5.41, 5.74) is 0. The van der Waals surface area contributed by atoms with E-state index in [1.165, 1.54) is 0 Å². The van der Waals surface area contributed by atoms with Crippen molar-refractivity contribution in [2.75, 3.05) is 19.6 Å². The van der Waals surface area contributed by atoms with Crippen LogP contribution < -0.4 is 5.32 Å². The second kappa shape index (κ2) is 4.65. The molecule has 0 aromatic rings. The van der Waals surface area contributed by atoms with Crippen LogP contribution in [0.15, 0.2) is 0 Å². The number of rotatable bonds is 1. The summed E-state index contributed by atoms with van der Waals surface area (Å²) in [4.78, 5) is 13.4. The van der Waals surface area contributed by atoms with Gasteiger partial charge < -0.3 is 10.2 Å². The Kier molecular flexibility index (Phi) is 3.42. The molecule has 3 nitrogen and oxygen atoms in total. The van der Waals surface area contributed by atoms with Crippen LogP contribution >= 0.6 is 0 Å². The van der Waals surface area contributed by atoms with Crippen molar-refractivity contribution in [2.45, 2.75) is 44.1 Å². The Morgan fingerprint density at radius 1 is 1.31 bits per heavy atom. The van der Waals surface area contributed by atoms with Crippen LogP contribution in [0.2, 0.25) is 0 Å². The molecule has 2 fully saturated rings. The molecule has 2 aliphatic heterocycles. The van der Waals surface area contributed by atoms with Crippen LogP contribution in [0.25, 0.3) is 0 Å². The molecule has 2 saturated heterocycles. The van der Waals surface area contributed by atoms with E-state index in [0.29, 0.717) is 19.5 Å². The molecular formula is C11H18F2N2O. The zero-order valence-corrected chi connectivity index (χ0v) is 9.35. The van der Waals surface area contributed by atoms with Gasteiger partial charge in [-0.2, -0.15) is 0 Å². The number of likely N-dealkylation sites (tertiary alicyclic amines) is 1. The molecule has 1 unspecified atom stereocenters. The van der Waals surface area contributed by atoms with Crippen LogP contribution in [0.4, 0.5) is 8.78 Å². The smallest absolute Gasteiger partial charge is 0.262 e. The average Bonchev–Trinajstić information content (AvgIpc) is 2.41. The molecule has 5 heteroatoms. The van der Waals surface area contributed by atoms with Crippen LogP contribution in [-0.2, 0) is 4.79 Å². The molecular weight excluding hydrogens is 214 g/mol. The molecule has 1 atom stereocenters. The fourth-order valence-corrected chi connectivity index (χ4v) is 2.52. The lowest BCUT2D eigenvalue weighted by Crippen LogP contribution is -2.55. The molecule has 0 aromatic carbocycles. The lowest BCUT2D eigenvalue weighted by molar-refractivity contribution is -0.136. The van der Waals surface area contributed by atoms with E-state index in [9.17, 15) is 13.6 Å². The minimum atomic E-state index is -2.67. The van der Waals surface area contributed by atoms with Crippen molar-refractivity contribution in [1.29, 1.82) is 0 Å². The monoisotopic (exact) mass is 232 g/mol. The highest BCUT2D eigenvalue weighted by molar-refractivity contribution is 5.76. The first-order valence-electron chi connectivity index (χ1n) is 5.96. The first kappa shape index (κ1) is 11.8. The van der Waals surface area contributed by atoms with E-state index in [1.54, 1.807) is 4.90 Å². The number of hydrogen-bond donors (Lipinski definition) is 1. The van der Waals surface area contributed by atoms with Gasteiger partial charge in [-0.15, -0.1) is 0 Å². The first-order valence-corrected chi connectivity index (χ1v) is 5.96. The van der Waals surface area contributed by atoms with Gasteiger partial charge in [-0.25, -0.2) is 8.78 Å². The van der Waals surface area contributed by atoms with Crippen LogP contribution in [-0.4, -0.2) is 42.4 Å². The molecule has 0 saturated carbocycles. The highest BCUT2D eigenvalue weighted by Crippen LogP contribution is 2.27. The lowest BCUT2D eigenvalue weighted by atomic mass is 10.0. The Bertz CT molecular complexity index is 271. The molecule has 2 aliphatic rings. The molecule has 92 valence electrons. The Morgan fingerprint density at radius 2 is 2.12 bits per heavy atom. The zero-order valence-electron chi connectivity index (χ0n) is 9.35. The quantitative estimate of drug-likeness (QED) is 0.741. The standard InChI is InChI=1S/C11H18F2N2O/c12-11(13)6-9(7-14-8-11)15-5-3-1-2-4-10(15)16/h9,14H,1-8H2. The van der Waals surface area contributed by atoms with E-state index in [-0.39, 0.29) is 24.9 Å². The van der Waals surface area contributed by atoms with Crippen molar-refractivity contribution in [1.82, 2.24) is 10.2 Å². The summed E-state index contributed by atoms with van der Waals surface area (Å²) in [6.07, 6.45) is 3.19. The molecule has 1 amide bonds. The third kappa shape index (κ3) is 2.70. The fourth-order valence-electron chi connectivity index (χ4n) is 2.52. The summed E-state index contributed by atoms with van der Waals surface area (Å²) in [7, 11) is 0. The molecule has 0 spiro atoms. The summed E-state index contributed by atoms with van der Waals surface area (Å²) in [6.45, 7) is 0.883. The normalized spacial score (nSPS) is 31.2. The van der Waals surface area contributed by atoms with E-state index in [0.717, 1.165) is 19.3 Å². The fraction of sp³-hybridized carbons (Fsp3) is 0.909. The van der Waals surface area contributed by atoms with Gasteiger partial charge in [0.2, 0.25) is 5.91 Å². The molecule has 2 heterocycles. The highest BCUT2D eigenvalue weighted by atomic mass is 19.3. The summed E-state index contributed by atoms with van der Waals surface area (Å²) < 4.78 is 26.5. The molecule has 1 N–H and O–H groups in total. The Balaban J connectivity index is 2.01. The van der Waals surface area contributed by atoms with E-state index in [4.69, 9.17) is 0 Å². The maximum atomic E-state index is 13.2. The van der Waals surface area contributed by atoms with Gasteiger partial charge in [-0.05, 0) is 12.8 Å². The number of nitrogens with zero attached hydrogens (tertiary/aromatic N) is 1. The molecule has 0 aromatic heterocycles.